The van der Waals surface area contributed by atoms with Crippen molar-refractivity contribution in [1.82, 2.24) is 0 Å². The molecule has 38 heavy (non-hydrogen) atoms. The van der Waals surface area contributed by atoms with Gasteiger partial charge in [0.2, 0.25) is 0 Å². The molecule has 2 aromatic rings. The third kappa shape index (κ3) is 4.69. The summed E-state index contributed by atoms with van der Waals surface area (Å²) in [5.41, 5.74) is 1.51. The predicted molar refractivity (Wildman–Crippen MR) is 164 cm³/mol. The Bertz CT molecular complexity index is 1070. The average Bonchev–Trinajstić information content (AvgIpc) is 3.55. The van der Waals surface area contributed by atoms with Gasteiger partial charge >= 0.3 is 14.2 Å². The fraction of sp³-hybridized carbons (Fsp3) is 0.733. The van der Waals surface area contributed by atoms with Gasteiger partial charge in [-0.25, -0.2) is 0 Å². The molecule has 0 radical (unpaired) electrons. The van der Waals surface area contributed by atoms with Crippen molar-refractivity contribution in [1.29, 1.82) is 0 Å². The van der Waals surface area contributed by atoms with Crippen molar-refractivity contribution in [3.8, 4) is 9.75 Å². The maximum atomic E-state index is 6.46. The monoisotopic (exact) mass is 556 g/mol. The third-order valence-electron chi connectivity index (χ3n) is 9.90. The Balaban J connectivity index is 1.47. The van der Waals surface area contributed by atoms with Crippen LogP contribution in [0.2, 0.25) is 0 Å². The molecule has 0 N–H and O–H groups in total. The lowest BCUT2D eigenvalue weighted by atomic mass is 9.74. The lowest BCUT2D eigenvalue weighted by Gasteiger charge is -2.32. The number of fused-ring (bicyclic) bond motifs is 3. The Labute approximate surface area is 239 Å². The van der Waals surface area contributed by atoms with Gasteiger partial charge in [-0.15, -0.1) is 22.7 Å². The van der Waals surface area contributed by atoms with Crippen LogP contribution in [0.5, 0.6) is 0 Å². The van der Waals surface area contributed by atoms with Gasteiger partial charge in [0.25, 0.3) is 0 Å². The second-order valence-corrected chi connectivity index (χ2v) is 16.0. The Morgan fingerprint density at radius 3 is 1.34 bits per heavy atom. The molecule has 0 spiro atoms. The number of hydrogen-bond donors (Lipinski definition) is 0. The fourth-order valence-electron chi connectivity index (χ4n) is 5.80. The molecule has 2 fully saturated rings. The first-order valence-electron chi connectivity index (χ1n) is 14.6. The van der Waals surface area contributed by atoms with Crippen molar-refractivity contribution in [2.45, 2.75) is 142 Å². The van der Waals surface area contributed by atoms with Gasteiger partial charge in [-0.05, 0) is 85.1 Å². The molecule has 2 saturated heterocycles. The van der Waals surface area contributed by atoms with Crippen molar-refractivity contribution < 1.29 is 18.6 Å². The van der Waals surface area contributed by atoms with E-state index in [0.717, 1.165) is 6.42 Å². The average molecular weight is 556 g/mol. The minimum Gasteiger partial charge on any atom is -0.399 e. The molecule has 1 aliphatic carbocycles. The quantitative estimate of drug-likeness (QED) is 0.238. The molecule has 2 aromatic heterocycles. The summed E-state index contributed by atoms with van der Waals surface area (Å²) in [6.45, 7) is 21.8. The third-order valence-corrected chi connectivity index (χ3v) is 12.4. The van der Waals surface area contributed by atoms with E-state index in [1.54, 1.807) is 0 Å². The summed E-state index contributed by atoms with van der Waals surface area (Å²) in [6.07, 6.45) is 8.99. The summed E-state index contributed by atoms with van der Waals surface area (Å²) in [4.78, 5) is 2.76. The highest BCUT2D eigenvalue weighted by molar-refractivity contribution is 7.31. The van der Waals surface area contributed by atoms with Crippen LogP contribution in [-0.2, 0) is 24.0 Å². The van der Waals surface area contributed by atoms with Crippen LogP contribution in [0.1, 0.15) is 125 Å². The molecule has 3 aliphatic rings. The van der Waals surface area contributed by atoms with E-state index < -0.39 is 0 Å². The summed E-state index contributed by atoms with van der Waals surface area (Å²) in [6, 6.07) is 4.78. The van der Waals surface area contributed by atoms with E-state index in [1.165, 1.54) is 69.0 Å². The van der Waals surface area contributed by atoms with Crippen LogP contribution in [0, 0.1) is 0 Å². The molecule has 0 bridgehead atoms. The molecule has 0 aromatic carbocycles. The van der Waals surface area contributed by atoms with Crippen LogP contribution in [-0.4, -0.2) is 36.6 Å². The van der Waals surface area contributed by atoms with Gasteiger partial charge < -0.3 is 18.6 Å². The van der Waals surface area contributed by atoms with Gasteiger partial charge in [-0.3, -0.25) is 0 Å². The molecule has 0 unspecified atom stereocenters. The van der Waals surface area contributed by atoms with Crippen molar-refractivity contribution in [3.63, 3.8) is 0 Å². The van der Waals surface area contributed by atoms with E-state index in [4.69, 9.17) is 18.6 Å². The van der Waals surface area contributed by atoms with Gasteiger partial charge in [0, 0.05) is 24.7 Å². The number of thiophene rings is 2. The lowest BCUT2D eigenvalue weighted by molar-refractivity contribution is 0.00578. The van der Waals surface area contributed by atoms with E-state index in [-0.39, 0.29) is 42.1 Å². The molecule has 208 valence electrons. The van der Waals surface area contributed by atoms with Gasteiger partial charge in [0.05, 0.1) is 22.4 Å². The van der Waals surface area contributed by atoms with Crippen LogP contribution < -0.4 is 9.55 Å². The highest BCUT2D eigenvalue weighted by Crippen LogP contribution is 2.55. The van der Waals surface area contributed by atoms with Crippen molar-refractivity contribution >= 4 is 46.5 Å². The maximum absolute atomic E-state index is 6.46. The van der Waals surface area contributed by atoms with Crippen molar-refractivity contribution in [2.24, 2.45) is 0 Å². The van der Waals surface area contributed by atoms with Gasteiger partial charge in [0.15, 0.2) is 0 Å². The molecular weight excluding hydrogens is 510 g/mol. The van der Waals surface area contributed by atoms with Crippen molar-refractivity contribution in [2.75, 3.05) is 0 Å². The normalized spacial score (nSPS) is 23.7. The van der Waals surface area contributed by atoms with Crippen LogP contribution >= 0.6 is 22.7 Å². The molecule has 8 heteroatoms. The molecule has 4 nitrogen and oxygen atoms in total. The van der Waals surface area contributed by atoms with Crippen molar-refractivity contribution in [3.05, 3.63) is 23.3 Å². The summed E-state index contributed by atoms with van der Waals surface area (Å²) >= 11 is 3.70. The molecule has 2 aliphatic heterocycles. The van der Waals surface area contributed by atoms with Crippen LogP contribution in [0.4, 0.5) is 0 Å². The van der Waals surface area contributed by atoms with E-state index in [2.05, 4.69) is 81.4 Å². The van der Waals surface area contributed by atoms with Gasteiger partial charge in [-0.2, -0.15) is 0 Å². The SMILES string of the molecule is CCCCCCCCC1(C)c2cc(B3OC(C)(C)C(C)(C)O3)sc2-c2sc(B3OC(C)(C)C(C)(C)O3)cc21. The van der Waals surface area contributed by atoms with Gasteiger partial charge in [0.1, 0.15) is 0 Å². The van der Waals surface area contributed by atoms with Crippen LogP contribution in [0.15, 0.2) is 12.1 Å². The fourth-order valence-corrected chi connectivity index (χ4v) is 8.45. The van der Waals surface area contributed by atoms with Crippen LogP contribution in [0.25, 0.3) is 9.75 Å². The second-order valence-electron chi connectivity index (χ2n) is 13.8. The zero-order chi connectivity index (χ0) is 27.7. The zero-order valence-electron chi connectivity index (χ0n) is 25.2. The molecular formula is C30H46B2O4S2. The Hall–Kier alpha value is -0.630. The first-order chi connectivity index (χ1) is 17.6. The predicted octanol–water partition coefficient (Wildman–Crippen LogP) is 7.45. The Morgan fingerprint density at radius 1 is 0.579 bits per heavy atom. The smallest absolute Gasteiger partial charge is 0.399 e. The standard InChI is InChI=1S/C30H46B2O4S2/c1-11-12-13-14-15-16-17-30(10)20-18-22(31-33-26(2,3)27(4,5)34-31)37-24(20)25-21(30)19-23(38-25)32-35-28(6,7)29(8,9)36-32/h18-19H,11-17H2,1-10H3. The summed E-state index contributed by atoms with van der Waals surface area (Å²) < 4.78 is 28.2. The van der Waals surface area contributed by atoms with Gasteiger partial charge in [-0.1, -0.05) is 52.4 Å². The van der Waals surface area contributed by atoms with E-state index >= 15 is 0 Å². The minimum absolute atomic E-state index is 0.0216. The second kappa shape index (κ2) is 9.73. The van der Waals surface area contributed by atoms with E-state index in [1.807, 2.05) is 22.7 Å². The summed E-state index contributed by atoms with van der Waals surface area (Å²) in [5.74, 6) is 0. The maximum Gasteiger partial charge on any atom is 0.505 e. The Morgan fingerprint density at radius 2 is 0.947 bits per heavy atom. The lowest BCUT2D eigenvalue weighted by Crippen LogP contribution is -2.41. The number of unbranched alkanes of at least 4 members (excludes halogenated alkanes) is 5. The summed E-state index contributed by atoms with van der Waals surface area (Å²) in [7, 11) is -0.639. The van der Waals surface area contributed by atoms with E-state index in [0.29, 0.717) is 0 Å². The number of hydrogen-bond acceptors (Lipinski definition) is 6. The highest BCUT2D eigenvalue weighted by Gasteiger charge is 2.55. The first kappa shape index (κ1) is 28.9. The first-order valence-corrected chi connectivity index (χ1v) is 16.3. The number of rotatable bonds is 9. The van der Waals surface area contributed by atoms with Crippen LogP contribution in [0.3, 0.4) is 0 Å². The molecule has 0 saturated carbocycles. The molecule has 0 amide bonds. The van der Waals surface area contributed by atoms with E-state index in [9.17, 15) is 0 Å². The Kier molecular flexibility index (Phi) is 7.40. The topological polar surface area (TPSA) is 36.9 Å². The minimum atomic E-state index is -0.341. The largest absolute Gasteiger partial charge is 0.505 e. The zero-order valence-corrected chi connectivity index (χ0v) is 26.8. The molecule has 4 heterocycles. The highest BCUT2D eigenvalue weighted by atomic mass is 32.1. The summed E-state index contributed by atoms with van der Waals surface area (Å²) in [5, 5.41) is 0. The molecule has 5 rings (SSSR count). The molecule has 0 atom stereocenters.